The number of hydrogen-bond acceptors (Lipinski definition) is 8. The Hall–Kier alpha value is -3.50. The SMILES string of the molecule is N#Cc1c(-c2ccccc2)nc(SCC(=O)Nc2ccc(S(=O)(=O)N3CCOCC3)cc2)[nH]c1=O. The molecule has 2 N–H and O–H groups in total. The Bertz CT molecular complexity index is 1410. The number of hydrogen-bond donors (Lipinski definition) is 2. The Morgan fingerprint density at radius 2 is 1.83 bits per heavy atom. The molecule has 0 radical (unpaired) electrons. The van der Waals surface area contributed by atoms with Crippen molar-refractivity contribution in [3.63, 3.8) is 0 Å². The molecule has 0 saturated carbocycles. The fraction of sp³-hybridized carbons (Fsp3) is 0.217. The summed E-state index contributed by atoms with van der Waals surface area (Å²) in [4.78, 5) is 31.8. The van der Waals surface area contributed by atoms with Crippen LogP contribution in [-0.2, 0) is 19.6 Å². The number of sulfonamides is 1. The van der Waals surface area contributed by atoms with Crippen LogP contribution < -0.4 is 10.9 Å². The number of carbonyl (C=O) groups excluding carboxylic acids is 1. The van der Waals surface area contributed by atoms with Gasteiger partial charge in [0.25, 0.3) is 5.56 Å². The number of rotatable bonds is 7. The van der Waals surface area contributed by atoms with Gasteiger partial charge >= 0.3 is 0 Å². The number of amides is 1. The lowest BCUT2D eigenvalue weighted by Crippen LogP contribution is -2.40. The quantitative estimate of drug-likeness (QED) is 0.362. The van der Waals surface area contributed by atoms with E-state index in [-0.39, 0.29) is 33.0 Å². The first kappa shape index (κ1) is 24.6. The van der Waals surface area contributed by atoms with Crippen LogP contribution in [0.3, 0.4) is 0 Å². The minimum Gasteiger partial charge on any atom is -0.379 e. The van der Waals surface area contributed by atoms with E-state index >= 15 is 0 Å². The van der Waals surface area contributed by atoms with Crippen molar-refractivity contribution in [2.45, 2.75) is 10.1 Å². The van der Waals surface area contributed by atoms with E-state index in [9.17, 15) is 23.3 Å². The molecule has 1 aliphatic rings. The summed E-state index contributed by atoms with van der Waals surface area (Å²) in [5.41, 5.74) is 0.617. The maximum Gasteiger partial charge on any atom is 0.270 e. The standard InChI is InChI=1S/C23H21N5O5S2/c24-14-19-21(16-4-2-1-3-5-16)26-23(27-22(19)30)34-15-20(29)25-17-6-8-18(9-7-17)35(31,32)28-10-12-33-13-11-28/h1-9H,10-13,15H2,(H,25,29)(H,26,27,30). The van der Waals surface area contributed by atoms with Gasteiger partial charge in [0.2, 0.25) is 15.9 Å². The lowest BCUT2D eigenvalue weighted by Gasteiger charge is -2.26. The van der Waals surface area contributed by atoms with Crippen LogP contribution in [0.2, 0.25) is 0 Å². The predicted octanol–water partition coefficient (Wildman–Crippen LogP) is 2.06. The predicted molar refractivity (Wildman–Crippen MR) is 130 cm³/mol. The largest absolute Gasteiger partial charge is 0.379 e. The van der Waals surface area contributed by atoms with Gasteiger partial charge in [-0.2, -0.15) is 9.57 Å². The van der Waals surface area contributed by atoms with Gasteiger partial charge < -0.3 is 15.0 Å². The first-order chi connectivity index (χ1) is 16.9. The molecule has 10 nitrogen and oxygen atoms in total. The molecule has 4 rings (SSSR count). The van der Waals surface area contributed by atoms with Crippen LogP contribution in [0.5, 0.6) is 0 Å². The average Bonchev–Trinajstić information content (AvgIpc) is 2.88. The molecule has 0 bridgehead atoms. The second kappa shape index (κ2) is 10.8. The van der Waals surface area contributed by atoms with Gasteiger partial charge in [0.15, 0.2) is 5.16 Å². The van der Waals surface area contributed by atoms with E-state index in [1.54, 1.807) is 24.3 Å². The van der Waals surface area contributed by atoms with Crippen LogP contribution in [0, 0.1) is 11.3 Å². The summed E-state index contributed by atoms with van der Waals surface area (Å²) in [6, 6.07) is 16.7. The smallest absolute Gasteiger partial charge is 0.270 e. The Morgan fingerprint density at radius 3 is 2.49 bits per heavy atom. The third kappa shape index (κ3) is 5.77. The van der Waals surface area contributed by atoms with Crippen molar-refractivity contribution < 1.29 is 17.9 Å². The van der Waals surface area contributed by atoms with E-state index < -0.39 is 15.6 Å². The van der Waals surface area contributed by atoms with Gasteiger partial charge in [-0.3, -0.25) is 9.59 Å². The number of anilines is 1. The molecule has 1 amide bonds. The molecule has 2 heterocycles. The van der Waals surface area contributed by atoms with Gasteiger partial charge in [-0.05, 0) is 24.3 Å². The molecule has 1 fully saturated rings. The zero-order chi connectivity index (χ0) is 24.8. The highest BCUT2D eigenvalue weighted by atomic mass is 32.2. The Labute approximate surface area is 206 Å². The Balaban J connectivity index is 1.41. The van der Waals surface area contributed by atoms with Crippen molar-refractivity contribution in [1.82, 2.24) is 14.3 Å². The molecule has 0 spiro atoms. The number of aromatic nitrogens is 2. The van der Waals surface area contributed by atoms with Crippen LogP contribution in [0.25, 0.3) is 11.3 Å². The fourth-order valence-electron chi connectivity index (χ4n) is 3.41. The number of thioether (sulfide) groups is 1. The molecule has 2 aromatic carbocycles. The number of carbonyl (C=O) groups is 1. The lowest BCUT2D eigenvalue weighted by molar-refractivity contribution is -0.113. The molecule has 1 aliphatic heterocycles. The first-order valence-electron chi connectivity index (χ1n) is 10.6. The maximum atomic E-state index is 12.7. The van der Waals surface area contributed by atoms with Gasteiger partial charge in [-0.15, -0.1) is 0 Å². The Morgan fingerprint density at radius 1 is 1.14 bits per heavy atom. The maximum absolute atomic E-state index is 12.7. The van der Waals surface area contributed by atoms with Crippen molar-refractivity contribution >= 4 is 33.4 Å². The summed E-state index contributed by atoms with van der Waals surface area (Å²) in [6.45, 7) is 1.32. The van der Waals surface area contributed by atoms with E-state index in [0.29, 0.717) is 37.6 Å². The average molecular weight is 512 g/mol. The number of aromatic amines is 1. The summed E-state index contributed by atoms with van der Waals surface area (Å²) in [6.07, 6.45) is 0. The molecular formula is C23H21N5O5S2. The van der Waals surface area contributed by atoms with E-state index in [1.807, 2.05) is 12.1 Å². The Kier molecular flexibility index (Phi) is 7.62. The van der Waals surface area contributed by atoms with Crippen LogP contribution >= 0.6 is 11.8 Å². The van der Waals surface area contributed by atoms with Gasteiger partial charge in [0, 0.05) is 24.3 Å². The van der Waals surface area contributed by atoms with Crippen LogP contribution in [0.4, 0.5) is 5.69 Å². The third-order valence-corrected chi connectivity index (χ3v) is 7.93. The van der Waals surface area contributed by atoms with E-state index in [2.05, 4.69) is 15.3 Å². The molecule has 0 unspecified atom stereocenters. The topological polar surface area (TPSA) is 145 Å². The zero-order valence-corrected chi connectivity index (χ0v) is 20.1. The number of nitriles is 1. The van der Waals surface area contributed by atoms with Crippen LogP contribution in [0.1, 0.15) is 5.56 Å². The van der Waals surface area contributed by atoms with Crippen molar-refractivity contribution in [3.05, 3.63) is 70.5 Å². The zero-order valence-electron chi connectivity index (χ0n) is 18.4. The monoisotopic (exact) mass is 511 g/mol. The van der Waals surface area contributed by atoms with E-state index in [1.165, 1.54) is 28.6 Å². The number of H-pyrrole nitrogens is 1. The molecule has 0 atom stereocenters. The normalized spacial score (nSPS) is 14.3. The molecule has 0 aliphatic carbocycles. The molecule has 3 aromatic rings. The van der Waals surface area contributed by atoms with E-state index in [4.69, 9.17) is 4.74 Å². The highest BCUT2D eigenvalue weighted by Crippen LogP contribution is 2.23. The summed E-state index contributed by atoms with van der Waals surface area (Å²) < 4.78 is 32.0. The molecule has 12 heteroatoms. The van der Waals surface area contributed by atoms with Gasteiger partial charge in [-0.25, -0.2) is 13.4 Å². The number of nitrogens with zero attached hydrogens (tertiary/aromatic N) is 3. The third-order valence-electron chi connectivity index (χ3n) is 5.14. The van der Waals surface area contributed by atoms with Gasteiger partial charge in [0.1, 0.15) is 11.6 Å². The highest BCUT2D eigenvalue weighted by Gasteiger charge is 2.26. The molecular weight excluding hydrogens is 490 g/mol. The van der Waals surface area contributed by atoms with Gasteiger partial charge in [-0.1, -0.05) is 42.1 Å². The summed E-state index contributed by atoms with van der Waals surface area (Å²) in [5, 5.41) is 12.2. The van der Waals surface area contributed by atoms with Crippen LogP contribution in [-0.4, -0.2) is 60.7 Å². The number of nitrogens with one attached hydrogen (secondary N) is 2. The van der Waals surface area contributed by atoms with Crippen molar-refractivity contribution in [1.29, 1.82) is 5.26 Å². The first-order valence-corrected chi connectivity index (χ1v) is 13.0. The number of ether oxygens (including phenoxy) is 1. The van der Waals surface area contributed by atoms with Crippen molar-refractivity contribution in [2.24, 2.45) is 0 Å². The van der Waals surface area contributed by atoms with Crippen molar-refractivity contribution in [2.75, 3.05) is 37.4 Å². The molecule has 35 heavy (non-hydrogen) atoms. The van der Waals surface area contributed by atoms with Crippen molar-refractivity contribution in [3.8, 4) is 17.3 Å². The number of benzene rings is 2. The van der Waals surface area contributed by atoms with Gasteiger partial charge in [0.05, 0.1) is 29.6 Å². The summed E-state index contributed by atoms with van der Waals surface area (Å²) in [5.74, 6) is -0.427. The lowest BCUT2D eigenvalue weighted by atomic mass is 10.1. The molecule has 1 aromatic heterocycles. The molecule has 1 saturated heterocycles. The second-order valence-electron chi connectivity index (χ2n) is 7.45. The second-order valence-corrected chi connectivity index (χ2v) is 10.4. The minimum absolute atomic E-state index is 0.0586. The van der Waals surface area contributed by atoms with Crippen LogP contribution in [0.15, 0.2) is 69.4 Å². The number of morpholine rings is 1. The minimum atomic E-state index is -3.62. The summed E-state index contributed by atoms with van der Waals surface area (Å²) >= 11 is 1.01. The fourth-order valence-corrected chi connectivity index (χ4v) is 5.48. The highest BCUT2D eigenvalue weighted by molar-refractivity contribution is 7.99. The molecule has 180 valence electrons. The van der Waals surface area contributed by atoms with E-state index in [0.717, 1.165) is 11.8 Å². The summed E-state index contributed by atoms with van der Waals surface area (Å²) in [7, 11) is -3.62.